The molecule has 1 aliphatic carbocycles. The summed E-state index contributed by atoms with van der Waals surface area (Å²) >= 11 is 0. The van der Waals surface area contributed by atoms with E-state index in [1.807, 2.05) is 18.7 Å². The molecule has 0 aromatic heterocycles. The summed E-state index contributed by atoms with van der Waals surface area (Å²) < 4.78 is 0. The fourth-order valence-electron chi connectivity index (χ4n) is 2.21. The number of hydrogen-bond donors (Lipinski definition) is 2. The first-order valence-electron chi connectivity index (χ1n) is 6.60. The second-order valence-corrected chi connectivity index (χ2v) is 4.51. The number of nitrogens with one attached hydrogen (secondary N) is 1. The number of nitrogens with zero attached hydrogens (tertiary/aromatic N) is 1. The highest BCUT2D eigenvalue weighted by atomic mass is 16.2. The first kappa shape index (κ1) is 14.2. The van der Waals surface area contributed by atoms with Crippen LogP contribution >= 0.6 is 0 Å². The van der Waals surface area contributed by atoms with E-state index in [2.05, 4.69) is 17.5 Å². The van der Waals surface area contributed by atoms with Gasteiger partial charge in [-0.2, -0.15) is 0 Å². The molecule has 1 unspecified atom stereocenters. The van der Waals surface area contributed by atoms with E-state index in [9.17, 15) is 4.79 Å². The zero-order valence-electron chi connectivity index (χ0n) is 11.0. The third kappa shape index (κ3) is 4.48. The smallest absolute Gasteiger partial charge is 0.224 e. The Kier molecular flexibility index (Phi) is 6.22. The van der Waals surface area contributed by atoms with Crippen LogP contribution in [-0.4, -0.2) is 42.5 Å². The molecule has 1 rings (SSSR count). The first-order valence-corrected chi connectivity index (χ1v) is 6.60. The molecule has 1 atom stereocenters. The molecule has 0 spiro atoms. The average Bonchev–Trinajstić information content (AvgIpc) is 2.82. The molecular weight excluding hydrogens is 214 g/mol. The van der Waals surface area contributed by atoms with Crippen molar-refractivity contribution in [3.63, 3.8) is 0 Å². The van der Waals surface area contributed by atoms with Crippen LogP contribution in [0.1, 0.15) is 33.1 Å². The molecule has 17 heavy (non-hydrogen) atoms. The lowest BCUT2D eigenvalue weighted by molar-refractivity contribution is -0.131. The van der Waals surface area contributed by atoms with Gasteiger partial charge in [0.2, 0.25) is 5.91 Å². The Bertz CT molecular complexity index is 253. The van der Waals surface area contributed by atoms with Gasteiger partial charge in [0.25, 0.3) is 0 Å². The van der Waals surface area contributed by atoms with E-state index in [4.69, 9.17) is 5.73 Å². The number of nitrogens with two attached hydrogens (primary N) is 1. The Hall–Kier alpha value is -0.870. The molecule has 0 saturated carbocycles. The van der Waals surface area contributed by atoms with Crippen molar-refractivity contribution in [2.45, 2.75) is 45.2 Å². The van der Waals surface area contributed by atoms with Crippen LogP contribution < -0.4 is 11.1 Å². The monoisotopic (exact) mass is 239 g/mol. The quantitative estimate of drug-likeness (QED) is 0.648. The highest BCUT2D eigenvalue weighted by Crippen LogP contribution is 2.11. The Morgan fingerprint density at radius 3 is 2.47 bits per heavy atom. The maximum atomic E-state index is 12.0. The van der Waals surface area contributed by atoms with E-state index >= 15 is 0 Å². The van der Waals surface area contributed by atoms with Crippen LogP contribution in [0, 0.1) is 0 Å². The zero-order chi connectivity index (χ0) is 12.7. The third-order valence-corrected chi connectivity index (χ3v) is 3.30. The average molecular weight is 239 g/mol. The van der Waals surface area contributed by atoms with Gasteiger partial charge in [-0.1, -0.05) is 12.2 Å². The molecule has 0 radical (unpaired) electrons. The first-order chi connectivity index (χ1) is 8.21. The molecule has 0 fully saturated rings. The number of rotatable bonds is 7. The molecule has 98 valence electrons. The molecule has 1 aliphatic rings. The third-order valence-electron chi connectivity index (χ3n) is 3.30. The highest BCUT2D eigenvalue weighted by Gasteiger charge is 2.19. The molecule has 0 aromatic carbocycles. The molecule has 3 N–H and O–H groups in total. The minimum absolute atomic E-state index is 0.105. The lowest BCUT2D eigenvalue weighted by Gasteiger charge is -2.25. The van der Waals surface area contributed by atoms with Crippen LogP contribution in [0.3, 0.4) is 0 Å². The molecule has 4 heteroatoms. The second-order valence-electron chi connectivity index (χ2n) is 4.51. The van der Waals surface area contributed by atoms with Crippen LogP contribution in [-0.2, 0) is 4.79 Å². The molecule has 0 aliphatic heterocycles. The fourth-order valence-corrected chi connectivity index (χ4v) is 2.21. The lowest BCUT2D eigenvalue weighted by Crippen LogP contribution is -2.45. The van der Waals surface area contributed by atoms with Crippen LogP contribution in [0.5, 0.6) is 0 Å². The van der Waals surface area contributed by atoms with Crippen molar-refractivity contribution in [2.75, 3.05) is 19.6 Å². The summed E-state index contributed by atoms with van der Waals surface area (Å²) in [6.45, 7) is 6.08. The molecular formula is C13H25N3O. The van der Waals surface area contributed by atoms with E-state index < -0.39 is 0 Å². The Balaban J connectivity index is 2.37. The summed E-state index contributed by atoms with van der Waals surface area (Å²) in [7, 11) is 0. The van der Waals surface area contributed by atoms with Gasteiger partial charge < -0.3 is 16.0 Å². The van der Waals surface area contributed by atoms with Gasteiger partial charge in [-0.15, -0.1) is 0 Å². The van der Waals surface area contributed by atoms with Crippen LogP contribution in [0.2, 0.25) is 0 Å². The van der Waals surface area contributed by atoms with E-state index in [0.29, 0.717) is 19.0 Å². The number of carbonyl (C=O) groups is 1. The molecule has 0 saturated heterocycles. The van der Waals surface area contributed by atoms with Gasteiger partial charge in [-0.3, -0.25) is 4.79 Å². The fraction of sp³-hybridized carbons (Fsp3) is 0.769. The van der Waals surface area contributed by atoms with Gasteiger partial charge in [0, 0.05) is 38.1 Å². The zero-order valence-corrected chi connectivity index (χ0v) is 11.0. The van der Waals surface area contributed by atoms with Crippen LogP contribution in [0.25, 0.3) is 0 Å². The highest BCUT2D eigenvalue weighted by molar-refractivity contribution is 5.76. The summed E-state index contributed by atoms with van der Waals surface area (Å²) in [5, 5.41) is 3.46. The molecule has 0 bridgehead atoms. The van der Waals surface area contributed by atoms with E-state index in [1.165, 1.54) is 0 Å². The van der Waals surface area contributed by atoms with Crippen molar-refractivity contribution in [1.82, 2.24) is 10.2 Å². The van der Waals surface area contributed by atoms with Crippen LogP contribution in [0.4, 0.5) is 0 Å². The summed E-state index contributed by atoms with van der Waals surface area (Å²) in [6.07, 6.45) is 6.97. The number of amides is 1. The van der Waals surface area contributed by atoms with Crippen molar-refractivity contribution in [1.29, 1.82) is 0 Å². The minimum Gasteiger partial charge on any atom is -0.343 e. The van der Waals surface area contributed by atoms with Crippen molar-refractivity contribution in [3.8, 4) is 0 Å². The van der Waals surface area contributed by atoms with Gasteiger partial charge >= 0.3 is 0 Å². The number of carbonyl (C=O) groups excluding carboxylic acids is 1. The van der Waals surface area contributed by atoms with E-state index in [-0.39, 0.29) is 11.9 Å². The van der Waals surface area contributed by atoms with Gasteiger partial charge in [-0.25, -0.2) is 0 Å². The Morgan fingerprint density at radius 2 is 2.00 bits per heavy atom. The Morgan fingerprint density at radius 1 is 1.41 bits per heavy atom. The summed E-state index contributed by atoms with van der Waals surface area (Å²) in [4.78, 5) is 13.8. The van der Waals surface area contributed by atoms with Crippen LogP contribution in [0.15, 0.2) is 12.2 Å². The van der Waals surface area contributed by atoms with Crippen molar-refractivity contribution >= 4 is 5.91 Å². The summed E-state index contributed by atoms with van der Waals surface area (Å²) in [5.41, 5.74) is 5.73. The Labute approximate surface area is 104 Å². The largest absolute Gasteiger partial charge is 0.343 e. The lowest BCUT2D eigenvalue weighted by atomic mass is 10.1. The normalized spacial score (nSPS) is 17.4. The maximum Gasteiger partial charge on any atom is 0.224 e. The maximum absolute atomic E-state index is 12.0. The standard InChI is InChI=1S/C13H25N3O/c1-3-16(4-2)13(17)9-12(10-14)15-11-7-5-6-8-11/h5-6,11-12,15H,3-4,7-10,14H2,1-2H3. The number of hydrogen-bond acceptors (Lipinski definition) is 3. The minimum atomic E-state index is 0.105. The van der Waals surface area contributed by atoms with Gasteiger partial charge in [0.05, 0.1) is 0 Å². The summed E-state index contributed by atoms with van der Waals surface area (Å²) in [6, 6.07) is 0.570. The SMILES string of the molecule is CCN(CC)C(=O)CC(CN)NC1CC=CC1. The van der Waals surface area contributed by atoms with Gasteiger partial charge in [0.1, 0.15) is 0 Å². The predicted molar refractivity (Wildman–Crippen MR) is 70.7 cm³/mol. The topological polar surface area (TPSA) is 58.4 Å². The van der Waals surface area contributed by atoms with Crippen molar-refractivity contribution < 1.29 is 4.79 Å². The molecule has 4 nitrogen and oxygen atoms in total. The van der Waals surface area contributed by atoms with E-state index in [0.717, 1.165) is 25.9 Å². The molecule has 0 aromatic rings. The predicted octanol–water partition coefficient (Wildman–Crippen LogP) is 0.880. The summed E-state index contributed by atoms with van der Waals surface area (Å²) in [5.74, 6) is 0.198. The van der Waals surface area contributed by atoms with Crippen molar-refractivity contribution in [3.05, 3.63) is 12.2 Å². The molecule has 1 amide bonds. The van der Waals surface area contributed by atoms with Crippen molar-refractivity contribution in [2.24, 2.45) is 5.73 Å². The van der Waals surface area contributed by atoms with Gasteiger partial charge in [-0.05, 0) is 26.7 Å². The van der Waals surface area contributed by atoms with Gasteiger partial charge in [0.15, 0.2) is 0 Å². The second kappa shape index (κ2) is 7.45. The molecule has 0 heterocycles. The van der Waals surface area contributed by atoms with E-state index in [1.54, 1.807) is 0 Å².